The second kappa shape index (κ2) is 6.89. The molecule has 0 aromatic heterocycles. The van der Waals surface area contributed by atoms with Gasteiger partial charge >= 0.3 is 5.97 Å². The molecule has 94 valence electrons. The van der Waals surface area contributed by atoms with E-state index in [1.54, 1.807) is 0 Å². The van der Waals surface area contributed by atoms with Crippen molar-refractivity contribution in [2.45, 2.75) is 52.5 Å². The summed E-state index contributed by atoms with van der Waals surface area (Å²) in [6.07, 6.45) is 4.47. The van der Waals surface area contributed by atoms with Crippen molar-refractivity contribution in [3.8, 4) is 0 Å². The van der Waals surface area contributed by atoms with Crippen molar-refractivity contribution in [3.63, 3.8) is 0 Å². The van der Waals surface area contributed by atoms with Crippen LogP contribution in [0, 0.1) is 5.92 Å². The molecule has 0 amide bonds. The van der Waals surface area contributed by atoms with Gasteiger partial charge in [-0.25, -0.2) is 0 Å². The van der Waals surface area contributed by atoms with Gasteiger partial charge in [-0.2, -0.15) is 0 Å². The quantitative estimate of drug-likeness (QED) is 0.676. The largest absolute Gasteiger partial charge is 0.466 e. The van der Waals surface area contributed by atoms with Crippen LogP contribution >= 0.6 is 0 Å². The third kappa shape index (κ3) is 3.48. The zero-order valence-electron chi connectivity index (χ0n) is 10.9. The Kier molecular flexibility index (Phi) is 5.81. The van der Waals surface area contributed by atoms with Crippen molar-refractivity contribution in [2.24, 2.45) is 5.92 Å². The predicted molar refractivity (Wildman–Crippen MR) is 65.3 cm³/mol. The van der Waals surface area contributed by atoms with E-state index in [0.29, 0.717) is 12.6 Å². The van der Waals surface area contributed by atoms with Gasteiger partial charge in [-0.15, -0.1) is 0 Å². The highest BCUT2D eigenvalue weighted by Gasteiger charge is 2.29. The molecule has 0 N–H and O–H groups in total. The van der Waals surface area contributed by atoms with Gasteiger partial charge in [-0.05, 0) is 39.2 Å². The minimum absolute atomic E-state index is 0.00171. The molecule has 1 fully saturated rings. The van der Waals surface area contributed by atoms with E-state index in [9.17, 15) is 4.79 Å². The predicted octanol–water partition coefficient (Wildman–Crippen LogP) is 2.45. The van der Waals surface area contributed by atoms with E-state index in [1.807, 2.05) is 6.92 Å². The lowest BCUT2D eigenvalue weighted by Crippen LogP contribution is -2.44. The van der Waals surface area contributed by atoms with Crippen molar-refractivity contribution in [2.75, 3.05) is 19.7 Å². The smallest absolute Gasteiger partial charge is 0.310 e. The number of carbonyl (C=O) groups excluding carboxylic acids is 1. The molecular formula is C13H25NO2. The van der Waals surface area contributed by atoms with Crippen LogP contribution in [0.25, 0.3) is 0 Å². The van der Waals surface area contributed by atoms with Crippen LogP contribution in [0.5, 0.6) is 0 Å². The molecule has 0 spiro atoms. The minimum atomic E-state index is -0.00171. The van der Waals surface area contributed by atoms with Gasteiger partial charge < -0.3 is 4.74 Å². The fraction of sp³-hybridized carbons (Fsp3) is 0.923. The van der Waals surface area contributed by atoms with Crippen LogP contribution in [0.3, 0.4) is 0 Å². The molecule has 1 saturated heterocycles. The number of likely N-dealkylation sites (tertiary alicyclic amines) is 1. The van der Waals surface area contributed by atoms with E-state index in [2.05, 4.69) is 18.7 Å². The molecule has 1 aliphatic heterocycles. The number of esters is 1. The average Bonchev–Trinajstić information content (AvgIpc) is 2.31. The van der Waals surface area contributed by atoms with Crippen LogP contribution in [0.2, 0.25) is 0 Å². The Morgan fingerprint density at radius 1 is 1.38 bits per heavy atom. The van der Waals surface area contributed by atoms with Crippen LogP contribution in [-0.2, 0) is 9.53 Å². The summed E-state index contributed by atoms with van der Waals surface area (Å²) in [6, 6.07) is 0.636. The van der Waals surface area contributed by atoms with Gasteiger partial charge in [-0.1, -0.05) is 13.8 Å². The fourth-order valence-electron chi connectivity index (χ4n) is 2.60. The minimum Gasteiger partial charge on any atom is -0.466 e. The molecule has 1 rings (SSSR count). The Labute approximate surface area is 99.1 Å². The molecule has 0 aromatic rings. The summed E-state index contributed by atoms with van der Waals surface area (Å²) in [7, 11) is 0. The summed E-state index contributed by atoms with van der Waals surface area (Å²) in [4.78, 5) is 14.2. The van der Waals surface area contributed by atoms with Gasteiger partial charge in [0.1, 0.15) is 0 Å². The van der Waals surface area contributed by atoms with Crippen LogP contribution in [-0.4, -0.2) is 36.6 Å². The van der Waals surface area contributed by atoms with Crippen molar-refractivity contribution in [1.29, 1.82) is 0 Å². The summed E-state index contributed by atoms with van der Waals surface area (Å²) < 4.78 is 5.11. The van der Waals surface area contributed by atoms with Gasteiger partial charge in [0.05, 0.1) is 12.5 Å². The second-order valence-corrected chi connectivity index (χ2v) is 4.56. The third-order valence-corrected chi connectivity index (χ3v) is 3.53. The number of piperidine rings is 1. The lowest BCUT2D eigenvalue weighted by molar-refractivity contribution is -0.150. The Hall–Kier alpha value is -0.570. The van der Waals surface area contributed by atoms with Gasteiger partial charge in [0.2, 0.25) is 0 Å². The summed E-state index contributed by atoms with van der Waals surface area (Å²) in [5.74, 6) is 0.104. The molecule has 3 nitrogen and oxygen atoms in total. The molecule has 0 aromatic carbocycles. The molecule has 0 aliphatic carbocycles. The topological polar surface area (TPSA) is 29.5 Å². The first-order valence-electron chi connectivity index (χ1n) is 6.63. The number of ether oxygens (including phenoxy) is 1. The Balaban J connectivity index is 2.49. The van der Waals surface area contributed by atoms with Gasteiger partial charge in [0.25, 0.3) is 0 Å². The molecule has 16 heavy (non-hydrogen) atoms. The van der Waals surface area contributed by atoms with Crippen LogP contribution in [0.1, 0.15) is 46.5 Å². The first-order valence-corrected chi connectivity index (χ1v) is 6.63. The van der Waals surface area contributed by atoms with Crippen molar-refractivity contribution >= 4 is 5.97 Å². The first kappa shape index (κ1) is 13.5. The molecule has 1 heterocycles. The zero-order valence-corrected chi connectivity index (χ0v) is 10.9. The lowest BCUT2D eigenvalue weighted by Gasteiger charge is -2.36. The standard InChI is InChI=1S/C13H25NO2/c1-4-12(5-2)14-9-7-8-11(10-14)13(15)16-6-3/h11-12H,4-10H2,1-3H3/t11-/m1/s1. The maximum atomic E-state index is 11.7. The van der Waals surface area contributed by atoms with E-state index in [0.717, 1.165) is 25.9 Å². The first-order chi connectivity index (χ1) is 7.72. The van der Waals surface area contributed by atoms with Crippen molar-refractivity contribution in [3.05, 3.63) is 0 Å². The third-order valence-electron chi connectivity index (χ3n) is 3.53. The van der Waals surface area contributed by atoms with Crippen molar-refractivity contribution in [1.82, 2.24) is 4.90 Å². The Morgan fingerprint density at radius 2 is 2.06 bits per heavy atom. The normalized spacial score (nSPS) is 22.4. The number of carbonyl (C=O) groups is 1. The molecule has 0 unspecified atom stereocenters. The molecule has 0 bridgehead atoms. The maximum absolute atomic E-state index is 11.7. The Bertz CT molecular complexity index is 214. The molecule has 0 saturated carbocycles. The van der Waals surface area contributed by atoms with E-state index in [4.69, 9.17) is 4.74 Å². The van der Waals surface area contributed by atoms with E-state index in [-0.39, 0.29) is 11.9 Å². The highest BCUT2D eigenvalue weighted by molar-refractivity contribution is 5.72. The molecule has 1 aliphatic rings. The number of rotatable bonds is 5. The molecule has 3 heteroatoms. The number of nitrogens with zero attached hydrogens (tertiary/aromatic N) is 1. The lowest BCUT2D eigenvalue weighted by atomic mass is 9.95. The molecule has 0 radical (unpaired) electrons. The van der Waals surface area contributed by atoms with Gasteiger partial charge in [0.15, 0.2) is 0 Å². The monoisotopic (exact) mass is 227 g/mol. The summed E-state index contributed by atoms with van der Waals surface area (Å²) in [5.41, 5.74) is 0. The summed E-state index contributed by atoms with van der Waals surface area (Å²) >= 11 is 0. The maximum Gasteiger partial charge on any atom is 0.310 e. The zero-order chi connectivity index (χ0) is 12.0. The van der Waals surface area contributed by atoms with E-state index < -0.39 is 0 Å². The van der Waals surface area contributed by atoms with Gasteiger partial charge in [0, 0.05) is 12.6 Å². The number of hydrogen-bond donors (Lipinski definition) is 0. The average molecular weight is 227 g/mol. The van der Waals surface area contributed by atoms with Gasteiger partial charge in [-0.3, -0.25) is 9.69 Å². The second-order valence-electron chi connectivity index (χ2n) is 4.56. The SMILES string of the molecule is CCOC(=O)[C@@H]1CCCN(C(CC)CC)C1. The molecule has 1 atom stereocenters. The highest BCUT2D eigenvalue weighted by Crippen LogP contribution is 2.22. The molecular weight excluding hydrogens is 202 g/mol. The van der Waals surface area contributed by atoms with Crippen LogP contribution < -0.4 is 0 Å². The van der Waals surface area contributed by atoms with E-state index >= 15 is 0 Å². The number of hydrogen-bond acceptors (Lipinski definition) is 3. The summed E-state index contributed by atoms with van der Waals surface area (Å²) in [6.45, 7) is 8.86. The van der Waals surface area contributed by atoms with E-state index in [1.165, 1.54) is 12.8 Å². The summed E-state index contributed by atoms with van der Waals surface area (Å²) in [5, 5.41) is 0. The van der Waals surface area contributed by atoms with Crippen LogP contribution in [0.15, 0.2) is 0 Å². The van der Waals surface area contributed by atoms with Crippen LogP contribution in [0.4, 0.5) is 0 Å². The Morgan fingerprint density at radius 3 is 2.62 bits per heavy atom. The fourth-order valence-corrected chi connectivity index (χ4v) is 2.60. The van der Waals surface area contributed by atoms with Crippen molar-refractivity contribution < 1.29 is 9.53 Å². The highest BCUT2D eigenvalue weighted by atomic mass is 16.5.